The number of alkyl halides is 3. The molecular formula is C14H13F3N2O3S. The lowest BCUT2D eigenvalue weighted by atomic mass is 10.1. The summed E-state index contributed by atoms with van der Waals surface area (Å²) in [5.74, 6) is 0.279. The Labute approximate surface area is 130 Å². The van der Waals surface area contributed by atoms with Crippen molar-refractivity contribution >= 4 is 10.0 Å². The molecule has 124 valence electrons. The van der Waals surface area contributed by atoms with Gasteiger partial charge in [-0.3, -0.25) is 0 Å². The van der Waals surface area contributed by atoms with E-state index >= 15 is 0 Å². The third-order valence-corrected chi connectivity index (χ3v) is 5.46. The van der Waals surface area contributed by atoms with Gasteiger partial charge in [0.15, 0.2) is 0 Å². The van der Waals surface area contributed by atoms with E-state index in [0.717, 1.165) is 12.1 Å². The van der Waals surface area contributed by atoms with E-state index in [4.69, 9.17) is 4.42 Å². The maximum Gasteiger partial charge on any atom is 0.416 e. The number of benzene rings is 1. The standard InChI is InChI=1S/C14H13F3N2O3S/c15-14(16,17)11-4-2-10(3-5-11)13-18-12(9-22-13)8-19-6-1-7-23(19,20)21/h2-5,9H,1,6-8H2. The summed E-state index contributed by atoms with van der Waals surface area (Å²) in [4.78, 5) is 4.15. The summed E-state index contributed by atoms with van der Waals surface area (Å²) in [5, 5.41) is 0. The van der Waals surface area contributed by atoms with Crippen molar-refractivity contribution in [2.45, 2.75) is 19.1 Å². The molecule has 0 aliphatic carbocycles. The minimum absolute atomic E-state index is 0.104. The minimum atomic E-state index is -4.40. The molecule has 0 spiro atoms. The van der Waals surface area contributed by atoms with Gasteiger partial charge in [0.2, 0.25) is 15.9 Å². The van der Waals surface area contributed by atoms with Gasteiger partial charge in [-0.1, -0.05) is 0 Å². The van der Waals surface area contributed by atoms with Crippen molar-refractivity contribution in [1.29, 1.82) is 0 Å². The second-order valence-electron chi connectivity index (χ2n) is 5.22. The smallest absolute Gasteiger partial charge is 0.416 e. The SMILES string of the molecule is O=S1(=O)CCCN1Cc1coc(-c2ccc(C(F)(F)F)cc2)n1. The van der Waals surface area contributed by atoms with Gasteiger partial charge < -0.3 is 4.42 Å². The lowest BCUT2D eigenvalue weighted by molar-refractivity contribution is -0.137. The molecule has 23 heavy (non-hydrogen) atoms. The van der Waals surface area contributed by atoms with Crippen LogP contribution in [0.2, 0.25) is 0 Å². The Morgan fingerprint density at radius 1 is 1.22 bits per heavy atom. The van der Waals surface area contributed by atoms with E-state index in [0.29, 0.717) is 24.2 Å². The molecule has 3 rings (SSSR count). The highest BCUT2D eigenvalue weighted by molar-refractivity contribution is 7.89. The van der Waals surface area contributed by atoms with Gasteiger partial charge in [0.05, 0.1) is 23.6 Å². The maximum atomic E-state index is 12.5. The van der Waals surface area contributed by atoms with Crippen molar-refractivity contribution in [2.75, 3.05) is 12.3 Å². The Bertz CT molecular complexity index is 797. The van der Waals surface area contributed by atoms with Crippen LogP contribution in [0, 0.1) is 0 Å². The van der Waals surface area contributed by atoms with Crippen molar-refractivity contribution in [3.8, 4) is 11.5 Å². The van der Waals surface area contributed by atoms with Crippen LogP contribution in [0.15, 0.2) is 34.9 Å². The first kappa shape index (κ1) is 16.0. The average Bonchev–Trinajstić information content (AvgIpc) is 3.06. The Kier molecular flexibility index (Phi) is 3.93. The number of hydrogen-bond acceptors (Lipinski definition) is 4. The van der Waals surface area contributed by atoms with Crippen LogP contribution in [0.3, 0.4) is 0 Å². The second-order valence-corrected chi connectivity index (χ2v) is 7.31. The van der Waals surface area contributed by atoms with Crippen molar-refractivity contribution in [3.05, 3.63) is 41.8 Å². The quantitative estimate of drug-likeness (QED) is 0.857. The first-order valence-electron chi connectivity index (χ1n) is 6.85. The van der Waals surface area contributed by atoms with Gasteiger partial charge in [0.1, 0.15) is 6.26 Å². The van der Waals surface area contributed by atoms with Crippen molar-refractivity contribution in [3.63, 3.8) is 0 Å². The topological polar surface area (TPSA) is 63.4 Å². The van der Waals surface area contributed by atoms with E-state index in [-0.39, 0.29) is 18.2 Å². The lowest BCUT2D eigenvalue weighted by Crippen LogP contribution is -2.25. The molecule has 9 heteroatoms. The van der Waals surface area contributed by atoms with Gasteiger partial charge in [-0.05, 0) is 30.7 Å². The van der Waals surface area contributed by atoms with Gasteiger partial charge in [-0.15, -0.1) is 0 Å². The molecule has 1 aromatic carbocycles. The van der Waals surface area contributed by atoms with Crippen molar-refractivity contribution in [2.24, 2.45) is 0 Å². The first-order valence-corrected chi connectivity index (χ1v) is 8.46. The highest BCUT2D eigenvalue weighted by atomic mass is 32.2. The highest BCUT2D eigenvalue weighted by Crippen LogP contribution is 2.31. The summed E-state index contributed by atoms with van der Waals surface area (Å²) >= 11 is 0. The van der Waals surface area contributed by atoms with E-state index in [1.807, 2.05) is 0 Å². The van der Waals surface area contributed by atoms with E-state index in [9.17, 15) is 21.6 Å². The minimum Gasteiger partial charge on any atom is -0.444 e. The summed E-state index contributed by atoms with van der Waals surface area (Å²) < 4.78 is 67.6. The van der Waals surface area contributed by atoms with Crippen LogP contribution in [0.25, 0.3) is 11.5 Å². The number of hydrogen-bond donors (Lipinski definition) is 0. The Morgan fingerprint density at radius 3 is 2.48 bits per heavy atom. The molecule has 5 nitrogen and oxygen atoms in total. The average molecular weight is 346 g/mol. The van der Waals surface area contributed by atoms with Gasteiger partial charge in [-0.25, -0.2) is 13.4 Å². The van der Waals surface area contributed by atoms with E-state index < -0.39 is 21.8 Å². The number of oxazole rings is 1. The molecule has 1 fully saturated rings. The number of aromatic nitrogens is 1. The van der Waals surface area contributed by atoms with Gasteiger partial charge >= 0.3 is 6.18 Å². The molecular weight excluding hydrogens is 333 g/mol. The van der Waals surface area contributed by atoms with Gasteiger partial charge in [-0.2, -0.15) is 17.5 Å². The number of sulfonamides is 1. The monoisotopic (exact) mass is 346 g/mol. The molecule has 1 aliphatic rings. The second kappa shape index (κ2) is 5.64. The van der Waals surface area contributed by atoms with E-state index in [2.05, 4.69) is 4.98 Å². The van der Waals surface area contributed by atoms with Crippen LogP contribution in [-0.2, 0) is 22.7 Å². The fourth-order valence-electron chi connectivity index (χ4n) is 2.36. The molecule has 0 atom stereocenters. The van der Waals surface area contributed by atoms with E-state index in [1.54, 1.807) is 0 Å². The number of nitrogens with zero attached hydrogens (tertiary/aromatic N) is 2. The third kappa shape index (κ3) is 3.40. The Balaban J connectivity index is 1.77. The van der Waals surface area contributed by atoms with Crippen molar-refractivity contribution in [1.82, 2.24) is 9.29 Å². The van der Waals surface area contributed by atoms with Crippen LogP contribution < -0.4 is 0 Å². The fourth-order valence-corrected chi connectivity index (χ4v) is 3.85. The van der Waals surface area contributed by atoms with Gasteiger partial charge in [0, 0.05) is 12.1 Å². The maximum absolute atomic E-state index is 12.5. The summed E-state index contributed by atoms with van der Waals surface area (Å²) in [6.45, 7) is 0.539. The van der Waals surface area contributed by atoms with Crippen LogP contribution in [0.4, 0.5) is 13.2 Å². The summed E-state index contributed by atoms with van der Waals surface area (Å²) in [7, 11) is -3.24. The number of halogens is 3. The molecule has 2 heterocycles. The molecule has 1 saturated heterocycles. The van der Waals surface area contributed by atoms with Crippen LogP contribution in [-0.4, -0.2) is 30.0 Å². The first-order chi connectivity index (χ1) is 10.8. The summed E-state index contributed by atoms with van der Waals surface area (Å²) in [6, 6.07) is 4.43. The molecule has 0 N–H and O–H groups in total. The van der Waals surface area contributed by atoms with E-state index in [1.165, 1.54) is 22.7 Å². The molecule has 0 unspecified atom stereocenters. The molecule has 0 radical (unpaired) electrons. The Morgan fingerprint density at radius 2 is 1.91 bits per heavy atom. The largest absolute Gasteiger partial charge is 0.444 e. The molecule has 0 bridgehead atoms. The molecule has 1 aliphatic heterocycles. The summed E-state index contributed by atoms with van der Waals surface area (Å²) in [6.07, 6.45) is -2.50. The molecule has 2 aromatic rings. The zero-order valence-corrected chi connectivity index (χ0v) is 12.7. The predicted molar refractivity (Wildman–Crippen MR) is 75.8 cm³/mol. The van der Waals surface area contributed by atoms with Crippen LogP contribution in [0.5, 0.6) is 0 Å². The third-order valence-electron chi connectivity index (χ3n) is 3.55. The molecule has 0 amide bonds. The highest BCUT2D eigenvalue weighted by Gasteiger charge is 2.30. The van der Waals surface area contributed by atoms with Crippen LogP contribution >= 0.6 is 0 Å². The lowest BCUT2D eigenvalue weighted by Gasteiger charge is -2.11. The number of rotatable bonds is 3. The normalized spacial score (nSPS) is 18.4. The zero-order valence-electron chi connectivity index (χ0n) is 11.9. The zero-order chi connectivity index (χ0) is 16.7. The summed E-state index contributed by atoms with van der Waals surface area (Å²) in [5.41, 5.74) is 0.0649. The molecule has 1 aromatic heterocycles. The predicted octanol–water partition coefficient (Wildman–Crippen LogP) is 2.90. The fraction of sp³-hybridized carbons (Fsp3) is 0.357. The van der Waals surface area contributed by atoms with Crippen molar-refractivity contribution < 1.29 is 26.0 Å². The molecule has 0 saturated carbocycles. The van der Waals surface area contributed by atoms with Crippen LogP contribution in [0.1, 0.15) is 17.7 Å². The Hall–Kier alpha value is -1.87. The van der Waals surface area contributed by atoms with Gasteiger partial charge in [0.25, 0.3) is 0 Å².